The minimum atomic E-state index is -0.930. The van der Waals surface area contributed by atoms with E-state index >= 15 is 0 Å². The van der Waals surface area contributed by atoms with E-state index < -0.39 is 5.97 Å². The molecule has 2 aromatic rings. The fourth-order valence-electron chi connectivity index (χ4n) is 1.37. The van der Waals surface area contributed by atoms with Crippen LogP contribution in [0.4, 0.5) is 0 Å². The highest BCUT2D eigenvalue weighted by molar-refractivity contribution is 5.84. The number of rotatable bonds is 3. The van der Waals surface area contributed by atoms with E-state index in [2.05, 4.69) is 5.16 Å². The van der Waals surface area contributed by atoms with Crippen LogP contribution < -0.4 is 4.74 Å². The van der Waals surface area contributed by atoms with Crippen molar-refractivity contribution in [3.05, 3.63) is 23.9 Å². The first-order valence-corrected chi connectivity index (χ1v) is 4.35. The van der Waals surface area contributed by atoms with Gasteiger partial charge in [-0.25, -0.2) is 0 Å². The maximum absolute atomic E-state index is 10.5. The summed E-state index contributed by atoms with van der Waals surface area (Å²) >= 11 is 0. The smallest absolute Gasteiger partial charge is 0.309 e. The number of methoxy groups -OCH3 is 1. The van der Waals surface area contributed by atoms with Gasteiger partial charge in [0.05, 0.1) is 13.5 Å². The second kappa shape index (κ2) is 3.61. The number of nitrogens with zero attached hydrogens (tertiary/aromatic N) is 1. The zero-order chi connectivity index (χ0) is 10.8. The molecule has 78 valence electrons. The molecule has 1 N–H and O–H groups in total. The first-order chi connectivity index (χ1) is 7.20. The lowest BCUT2D eigenvalue weighted by atomic mass is 10.2. The van der Waals surface area contributed by atoms with E-state index in [1.807, 2.05) is 0 Å². The molecule has 1 aromatic carbocycles. The van der Waals surface area contributed by atoms with Gasteiger partial charge < -0.3 is 14.4 Å². The molecule has 0 amide bonds. The molecule has 2 rings (SSSR count). The van der Waals surface area contributed by atoms with Crippen LogP contribution >= 0.6 is 0 Å². The summed E-state index contributed by atoms with van der Waals surface area (Å²) in [5.41, 5.74) is 0.964. The van der Waals surface area contributed by atoms with Crippen molar-refractivity contribution < 1.29 is 19.2 Å². The van der Waals surface area contributed by atoms with Crippen LogP contribution in [0.3, 0.4) is 0 Å². The maximum atomic E-state index is 10.5. The van der Waals surface area contributed by atoms with Gasteiger partial charge in [0, 0.05) is 11.5 Å². The maximum Gasteiger partial charge on any atom is 0.309 e. The van der Waals surface area contributed by atoms with Gasteiger partial charge in [0.15, 0.2) is 5.58 Å². The van der Waals surface area contributed by atoms with Gasteiger partial charge >= 0.3 is 5.97 Å². The molecule has 0 bridgehead atoms. The summed E-state index contributed by atoms with van der Waals surface area (Å²) in [5.74, 6) is -0.276. The molecule has 0 fully saturated rings. The molecule has 0 saturated heterocycles. The lowest BCUT2D eigenvalue weighted by Crippen LogP contribution is -2.00. The Labute approximate surface area is 85.2 Å². The second-order valence-electron chi connectivity index (χ2n) is 3.06. The normalized spacial score (nSPS) is 10.5. The highest BCUT2D eigenvalue weighted by Crippen LogP contribution is 2.23. The van der Waals surface area contributed by atoms with Gasteiger partial charge in [-0.1, -0.05) is 5.16 Å². The van der Waals surface area contributed by atoms with Gasteiger partial charge in [0.25, 0.3) is 0 Å². The molecule has 0 saturated carbocycles. The summed E-state index contributed by atoms with van der Waals surface area (Å²) in [5, 5.41) is 13.0. The molecule has 0 aliphatic carbocycles. The molecule has 15 heavy (non-hydrogen) atoms. The zero-order valence-corrected chi connectivity index (χ0v) is 8.06. The minimum Gasteiger partial charge on any atom is -0.497 e. The Morgan fingerprint density at radius 2 is 2.40 bits per heavy atom. The SMILES string of the molecule is COc1ccc2c(CC(=O)O)noc2c1. The number of benzene rings is 1. The van der Waals surface area contributed by atoms with Crippen LogP contribution in [0.2, 0.25) is 0 Å². The monoisotopic (exact) mass is 207 g/mol. The van der Waals surface area contributed by atoms with Crippen LogP contribution in [0.5, 0.6) is 5.75 Å². The third-order valence-electron chi connectivity index (χ3n) is 2.07. The lowest BCUT2D eigenvalue weighted by molar-refractivity contribution is -0.136. The highest BCUT2D eigenvalue weighted by Gasteiger charge is 2.11. The fraction of sp³-hybridized carbons (Fsp3) is 0.200. The van der Waals surface area contributed by atoms with Crippen molar-refractivity contribution in [3.8, 4) is 5.75 Å². The van der Waals surface area contributed by atoms with Gasteiger partial charge in [-0.15, -0.1) is 0 Å². The Bertz CT molecular complexity index is 503. The number of hydrogen-bond donors (Lipinski definition) is 1. The molecule has 0 unspecified atom stereocenters. The van der Waals surface area contributed by atoms with Crippen molar-refractivity contribution in [2.45, 2.75) is 6.42 Å². The van der Waals surface area contributed by atoms with E-state index in [0.717, 1.165) is 0 Å². The quantitative estimate of drug-likeness (QED) is 0.824. The lowest BCUT2D eigenvalue weighted by Gasteiger charge is -1.97. The van der Waals surface area contributed by atoms with Gasteiger partial charge in [-0.2, -0.15) is 0 Å². The summed E-state index contributed by atoms with van der Waals surface area (Å²) in [7, 11) is 1.55. The number of fused-ring (bicyclic) bond motifs is 1. The van der Waals surface area contributed by atoms with E-state index in [1.165, 1.54) is 0 Å². The number of carbonyl (C=O) groups is 1. The standard InChI is InChI=1S/C10H9NO4/c1-14-6-2-3-7-8(5-10(12)13)11-15-9(7)4-6/h2-4H,5H2,1H3,(H,12,13). The fourth-order valence-corrected chi connectivity index (χ4v) is 1.37. The molecule has 5 heteroatoms. The zero-order valence-electron chi connectivity index (χ0n) is 8.06. The van der Waals surface area contributed by atoms with Gasteiger partial charge in [-0.05, 0) is 12.1 Å². The summed E-state index contributed by atoms with van der Waals surface area (Å²) < 4.78 is 10.0. The van der Waals surface area contributed by atoms with E-state index in [-0.39, 0.29) is 6.42 Å². The Morgan fingerprint density at radius 1 is 1.60 bits per heavy atom. The van der Waals surface area contributed by atoms with E-state index in [9.17, 15) is 4.79 Å². The number of carboxylic acid groups (broad SMARTS) is 1. The van der Waals surface area contributed by atoms with Gasteiger partial charge in [-0.3, -0.25) is 4.79 Å². The second-order valence-corrected chi connectivity index (χ2v) is 3.06. The molecular formula is C10H9NO4. The van der Waals surface area contributed by atoms with E-state index in [1.54, 1.807) is 25.3 Å². The molecule has 1 aromatic heterocycles. The number of hydrogen-bond acceptors (Lipinski definition) is 4. The average molecular weight is 207 g/mol. The largest absolute Gasteiger partial charge is 0.497 e. The van der Waals surface area contributed by atoms with E-state index in [4.69, 9.17) is 14.4 Å². The number of carboxylic acids is 1. The number of aromatic nitrogens is 1. The molecule has 0 aliphatic rings. The van der Waals surface area contributed by atoms with Crippen molar-refractivity contribution in [1.82, 2.24) is 5.16 Å². The average Bonchev–Trinajstić information content (AvgIpc) is 2.60. The Balaban J connectivity index is 2.47. The minimum absolute atomic E-state index is 0.140. The van der Waals surface area contributed by atoms with Crippen molar-refractivity contribution in [2.75, 3.05) is 7.11 Å². The number of ether oxygens (including phenoxy) is 1. The highest BCUT2D eigenvalue weighted by atomic mass is 16.5. The van der Waals surface area contributed by atoms with Crippen LogP contribution in [-0.2, 0) is 11.2 Å². The Morgan fingerprint density at radius 3 is 3.07 bits per heavy atom. The summed E-state index contributed by atoms with van der Waals surface area (Å²) in [6.07, 6.45) is -0.140. The van der Waals surface area contributed by atoms with Crippen LogP contribution in [0.25, 0.3) is 11.0 Å². The first kappa shape index (κ1) is 9.51. The predicted octanol–water partition coefficient (Wildman–Crippen LogP) is 1.46. The summed E-state index contributed by atoms with van der Waals surface area (Å²) in [4.78, 5) is 10.5. The summed E-state index contributed by atoms with van der Waals surface area (Å²) in [6.45, 7) is 0. The third-order valence-corrected chi connectivity index (χ3v) is 2.07. The van der Waals surface area contributed by atoms with Crippen LogP contribution in [0.1, 0.15) is 5.69 Å². The van der Waals surface area contributed by atoms with E-state index in [0.29, 0.717) is 22.4 Å². The van der Waals surface area contributed by atoms with Gasteiger partial charge in [0.1, 0.15) is 11.4 Å². The van der Waals surface area contributed by atoms with Crippen molar-refractivity contribution in [3.63, 3.8) is 0 Å². The first-order valence-electron chi connectivity index (χ1n) is 4.35. The molecule has 0 atom stereocenters. The van der Waals surface area contributed by atoms with Crippen molar-refractivity contribution in [1.29, 1.82) is 0 Å². The molecule has 0 radical (unpaired) electrons. The van der Waals surface area contributed by atoms with Crippen molar-refractivity contribution >= 4 is 16.9 Å². The predicted molar refractivity (Wildman–Crippen MR) is 51.9 cm³/mol. The van der Waals surface area contributed by atoms with Crippen molar-refractivity contribution in [2.24, 2.45) is 0 Å². The molecule has 5 nitrogen and oxygen atoms in total. The number of aliphatic carboxylic acids is 1. The third kappa shape index (κ3) is 1.76. The summed E-state index contributed by atoms with van der Waals surface area (Å²) in [6, 6.07) is 5.15. The molecule has 0 aliphatic heterocycles. The molecule has 1 heterocycles. The van der Waals surface area contributed by atoms with Crippen LogP contribution in [-0.4, -0.2) is 23.3 Å². The van der Waals surface area contributed by atoms with Gasteiger partial charge in [0.2, 0.25) is 0 Å². The van der Waals surface area contributed by atoms with Crippen LogP contribution in [0, 0.1) is 0 Å². The molecular weight excluding hydrogens is 198 g/mol. The molecule has 0 spiro atoms. The van der Waals surface area contributed by atoms with Crippen LogP contribution in [0.15, 0.2) is 22.7 Å². The Hall–Kier alpha value is -2.04. The Kier molecular flexibility index (Phi) is 2.29. The topological polar surface area (TPSA) is 72.6 Å².